The van der Waals surface area contributed by atoms with Crippen LogP contribution in [-0.4, -0.2) is 75.6 Å². The lowest BCUT2D eigenvalue weighted by Gasteiger charge is -2.24. The minimum atomic E-state index is -4.23. The Hall–Kier alpha value is -1.02. The minimum absolute atomic E-state index is 0.0852. The van der Waals surface area contributed by atoms with Crippen LogP contribution in [-0.2, 0) is 27.9 Å². The second-order valence-electron chi connectivity index (χ2n) is 11.4. The summed E-state index contributed by atoms with van der Waals surface area (Å²) in [6.45, 7) is 4.99. The number of carbonyl (C=O) groups is 1. The number of allylic oxidation sites excluding steroid dienone is 4. The Morgan fingerprint density at radius 2 is 1.35 bits per heavy atom. The van der Waals surface area contributed by atoms with Crippen LogP contribution in [0.15, 0.2) is 24.3 Å². The average Bonchev–Trinajstić information content (AvgIpc) is 2.89. The molecule has 0 aromatic rings. The topological polar surface area (TPSA) is 91.3 Å². The molecule has 0 aromatic heterocycles. The molecule has 9 heteroatoms. The standard InChI is InChI=1S/C31H60NO7P/c1-6-8-9-10-11-12-13-14-15-16-17-18-19-20-21-22-23-24-26-36-28-30(39-31(33)7-2)29-38-40(34,35)37-27-25-32(3,4)5/h11-12,14-15,30H,6-10,13,16-29H2,1-5H3/p+1/b12-11-,15-14-. The Balaban J connectivity index is 3.84. The minimum Gasteiger partial charge on any atom is -0.457 e. The fourth-order valence-electron chi connectivity index (χ4n) is 3.79. The number of hydrogen-bond donors (Lipinski definition) is 1. The monoisotopic (exact) mass is 590 g/mol. The molecule has 0 saturated carbocycles. The quantitative estimate of drug-likeness (QED) is 0.0327. The molecular formula is C31H61NO7P+. The molecule has 40 heavy (non-hydrogen) atoms. The Morgan fingerprint density at radius 1 is 0.775 bits per heavy atom. The van der Waals surface area contributed by atoms with Crippen LogP contribution in [0.2, 0.25) is 0 Å². The van der Waals surface area contributed by atoms with Crippen molar-refractivity contribution in [2.24, 2.45) is 0 Å². The van der Waals surface area contributed by atoms with E-state index in [4.69, 9.17) is 18.5 Å². The van der Waals surface area contributed by atoms with Crippen LogP contribution in [0.3, 0.4) is 0 Å². The fourth-order valence-corrected chi connectivity index (χ4v) is 4.53. The molecule has 2 atom stereocenters. The van der Waals surface area contributed by atoms with E-state index in [2.05, 4.69) is 31.2 Å². The lowest BCUT2D eigenvalue weighted by Crippen LogP contribution is -2.37. The van der Waals surface area contributed by atoms with Gasteiger partial charge < -0.3 is 18.9 Å². The van der Waals surface area contributed by atoms with Crippen molar-refractivity contribution in [1.82, 2.24) is 0 Å². The summed E-state index contributed by atoms with van der Waals surface area (Å²) in [5.41, 5.74) is 0. The Labute approximate surface area is 245 Å². The van der Waals surface area contributed by atoms with E-state index < -0.39 is 19.9 Å². The number of phosphoric ester groups is 1. The highest BCUT2D eigenvalue weighted by Gasteiger charge is 2.26. The van der Waals surface area contributed by atoms with Gasteiger partial charge >= 0.3 is 13.8 Å². The van der Waals surface area contributed by atoms with E-state index in [1.807, 2.05) is 21.1 Å². The molecule has 0 rings (SSSR count). The molecule has 0 amide bonds. The van der Waals surface area contributed by atoms with E-state index in [9.17, 15) is 14.3 Å². The number of hydrogen-bond acceptors (Lipinski definition) is 6. The summed E-state index contributed by atoms with van der Waals surface area (Å²) in [5, 5.41) is 0. The van der Waals surface area contributed by atoms with Gasteiger partial charge in [0.05, 0.1) is 34.4 Å². The molecule has 0 fully saturated rings. The van der Waals surface area contributed by atoms with Gasteiger partial charge in [-0.05, 0) is 38.5 Å². The number of likely N-dealkylation sites (N-methyl/N-ethyl adjacent to an activating group) is 1. The zero-order chi connectivity index (χ0) is 30.0. The molecule has 8 nitrogen and oxygen atoms in total. The smallest absolute Gasteiger partial charge is 0.457 e. The van der Waals surface area contributed by atoms with Gasteiger partial charge in [-0.15, -0.1) is 0 Å². The molecule has 0 spiro atoms. The van der Waals surface area contributed by atoms with Crippen molar-refractivity contribution >= 4 is 13.8 Å². The molecule has 0 heterocycles. The molecule has 0 bridgehead atoms. The van der Waals surface area contributed by atoms with Crippen LogP contribution >= 0.6 is 7.82 Å². The first-order chi connectivity index (χ1) is 19.1. The molecular weight excluding hydrogens is 529 g/mol. The van der Waals surface area contributed by atoms with Gasteiger partial charge in [0.25, 0.3) is 0 Å². The van der Waals surface area contributed by atoms with Crippen molar-refractivity contribution in [2.75, 3.05) is 54.1 Å². The summed E-state index contributed by atoms with van der Waals surface area (Å²) in [6.07, 6.45) is 25.6. The van der Waals surface area contributed by atoms with E-state index in [-0.39, 0.29) is 26.2 Å². The van der Waals surface area contributed by atoms with E-state index in [0.29, 0.717) is 17.6 Å². The number of nitrogens with zero attached hydrogens (tertiary/aromatic N) is 1. The van der Waals surface area contributed by atoms with E-state index in [1.165, 1.54) is 70.6 Å². The molecule has 0 saturated heterocycles. The number of quaternary nitrogens is 1. The number of rotatable bonds is 28. The molecule has 1 N–H and O–H groups in total. The third-order valence-corrected chi connectivity index (χ3v) is 7.30. The Kier molecular flexibility index (Phi) is 25.0. The third-order valence-electron chi connectivity index (χ3n) is 6.32. The number of phosphoric acid groups is 1. The number of unbranched alkanes of at least 4 members (excludes halogenated alkanes) is 11. The summed E-state index contributed by atoms with van der Waals surface area (Å²) in [7, 11) is 1.65. The first kappa shape index (κ1) is 39.0. The Bertz CT molecular complexity index is 706. The maximum Gasteiger partial charge on any atom is 0.472 e. The van der Waals surface area contributed by atoms with Crippen LogP contribution in [0.1, 0.15) is 110 Å². The highest BCUT2D eigenvalue weighted by molar-refractivity contribution is 7.47. The second-order valence-corrected chi connectivity index (χ2v) is 12.9. The van der Waals surface area contributed by atoms with Crippen molar-refractivity contribution in [3.8, 4) is 0 Å². The van der Waals surface area contributed by atoms with Gasteiger partial charge in [-0.1, -0.05) is 89.5 Å². The summed E-state index contributed by atoms with van der Waals surface area (Å²) >= 11 is 0. The van der Waals surface area contributed by atoms with Gasteiger partial charge in [0.15, 0.2) is 0 Å². The van der Waals surface area contributed by atoms with Crippen LogP contribution in [0, 0.1) is 0 Å². The van der Waals surface area contributed by atoms with Gasteiger partial charge in [-0.3, -0.25) is 13.8 Å². The molecule has 0 aliphatic heterocycles. The van der Waals surface area contributed by atoms with E-state index >= 15 is 0 Å². The van der Waals surface area contributed by atoms with Crippen LogP contribution < -0.4 is 0 Å². The van der Waals surface area contributed by atoms with Crippen molar-refractivity contribution in [3.63, 3.8) is 0 Å². The number of esters is 1. The van der Waals surface area contributed by atoms with Crippen molar-refractivity contribution in [2.45, 2.75) is 116 Å². The summed E-state index contributed by atoms with van der Waals surface area (Å²) < 4.78 is 33.8. The van der Waals surface area contributed by atoms with Gasteiger partial charge in [0, 0.05) is 13.0 Å². The zero-order valence-electron chi connectivity index (χ0n) is 26.3. The maximum absolute atomic E-state index is 12.1. The SMILES string of the molecule is CCCCC/C=C\C/C=C\CCCCCCCCCCOCC(COP(=O)(O)OCC[N+](C)(C)C)OC(=O)CC. The largest absolute Gasteiger partial charge is 0.472 e. The van der Waals surface area contributed by atoms with Crippen LogP contribution in [0.5, 0.6) is 0 Å². The Morgan fingerprint density at radius 3 is 1.93 bits per heavy atom. The average molecular weight is 591 g/mol. The summed E-state index contributed by atoms with van der Waals surface area (Å²) in [4.78, 5) is 21.6. The van der Waals surface area contributed by atoms with E-state index in [1.54, 1.807) is 6.92 Å². The number of ether oxygens (including phenoxy) is 2. The predicted octanol–water partition coefficient (Wildman–Crippen LogP) is 7.76. The van der Waals surface area contributed by atoms with Crippen LogP contribution in [0.4, 0.5) is 0 Å². The lowest BCUT2D eigenvalue weighted by atomic mass is 10.1. The maximum atomic E-state index is 12.1. The van der Waals surface area contributed by atoms with Gasteiger partial charge in [-0.2, -0.15) is 0 Å². The molecule has 236 valence electrons. The van der Waals surface area contributed by atoms with Crippen molar-refractivity contribution in [1.29, 1.82) is 0 Å². The zero-order valence-corrected chi connectivity index (χ0v) is 27.2. The molecule has 0 aromatic carbocycles. The lowest BCUT2D eigenvalue weighted by molar-refractivity contribution is -0.870. The fraction of sp³-hybridized carbons (Fsp3) is 0.839. The first-order valence-electron chi connectivity index (χ1n) is 15.6. The van der Waals surface area contributed by atoms with Crippen LogP contribution in [0.25, 0.3) is 0 Å². The van der Waals surface area contributed by atoms with Gasteiger partial charge in [-0.25, -0.2) is 4.57 Å². The third kappa shape index (κ3) is 28.5. The second kappa shape index (κ2) is 25.7. The first-order valence-corrected chi connectivity index (χ1v) is 17.1. The highest BCUT2D eigenvalue weighted by Crippen LogP contribution is 2.43. The van der Waals surface area contributed by atoms with Gasteiger partial charge in [0.1, 0.15) is 19.3 Å². The van der Waals surface area contributed by atoms with Crippen molar-refractivity contribution < 1.29 is 37.3 Å². The summed E-state index contributed by atoms with van der Waals surface area (Å²) in [5.74, 6) is -0.405. The van der Waals surface area contributed by atoms with Crippen molar-refractivity contribution in [3.05, 3.63) is 24.3 Å². The number of carbonyl (C=O) groups excluding carboxylic acids is 1. The van der Waals surface area contributed by atoms with E-state index in [0.717, 1.165) is 19.3 Å². The molecule has 2 unspecified atom stereocenters. The molecule has 0 radical (unpaired) electrons. The molecule has 0 aliphatic carbocycles. The normalized spacial score (nSPS) is 14.7. The van der Waals surface area contributed by atoms with Gasteiger partial charge in [0.2, 0.25) is 0 Å². The molecule has 0 aliphatic rings. The predicted molar refractivity (Wildman–Crippen MR) is 164 cm³/mol. The summed E-state index contributed by atoms with van der Waals surface area (Å²) in [6, 6.07) is 0. The highest BCUT2D eigenvalue weighted by atomic mass is 31.2.